The van der Waals surface area contributed by atoms with Crippen molar-refractivity contribution in [3.63, 3.8) is 0 Å². The first kappa shape index (κ1) is 15.6. The number of nitrogens with zero attached hydrogens (tertiary/aromatic N) is 2. The molecule has 0 bridgehead atoms. The molecule has 1 heterocycles. The fourth-order valence-corrected chi connectivity index (χ4v) is 3.05. The van der Waals surface area contributed by atoms with Crippen molar-refractivity contribution in [3.8, 4) is 0 Å². The average Bonchev–Trinajstić information content (AvgIpc) is 3.18. The highest BCUT2D eigenvalue weighted by Gasteiger charge is 2.30. The molecule has 22 heavy (non-hydrogen) atoms. The number of hydrogen-bond acceptors (Lipinski definition) is 5. The normalized spacial score (nSPS) is 15.6. The van der Waals surface area contributed by atoms with E-state index in [0.717, 1.165) is 12.8 Å². The minimum absolute atomic E-state index is 0.186. The molecule has 1 saturated carbocycles. The van der Waals surface area contributed by atoms with Crippen LogP contribution in [0.1, 0.15) is 31.6 Å². The van der Waals surface area contributed by atoms with Crippen LogP contribution in [0, 0.1) is 0 Å². The maximum Gasteiger partial charge on any atom is 0.277 e. The van der Waals surface area contributed by atoms with Gasteiger partial charge in [-0.15, -0.1) is 10.2 Å². The number of thioether (sulfide) groups is 1. The van der Waals surface area contributed by atoms with Crippen molar-refractivity contribution in [2.24, 2.45) is 0 Å². The summed E-state index contributed by atoms with van der Waals surface area (Å²) in [6.07, 6.45) is 2.19. The number of anilines is 1. The Balaban J connectivity index is 1.60. The number of halogens is 2. The molecule has 1 aliphatic rings. The van der Waals surface area contributed by atoms with Crippen molar-refractivity contribution >= 4 is 46.6 Å². The van der Waals surface area contributed by atoms with E-state index in [1.165, 1.54) is 11.8 Å². The lowest BCUT2D eigenvalue weighted by molar-refractivity contribution is -0.115. The molecule has 1 atom stereocenters. The zero-order valence-corrected chi connectivity index (χ0v) is 14.0. The van der Waals surface area contributed by atoms with Crippen LogP contribution in [-0.4, -0.2) is 21.4 Å². The molecule has 0 radical (unpaired) electrons. The minimum atomic E-state index is -0.384. The van der Waals surface area contributed by atoms with E-state index in [-0.39, 0.29) is 11.2 Å². The van der Waals surface area contributed by atoms with Crippen LogP contribution in [-0.2, 0) is 4.79 Å². The van der Waals surface area contributed by atoms with Gasteiger partial charge in [0, 0.05) is 21.7 Å². The molecule has 0 spiro atoms. The second kappa shape index (κ2) is 6.48. The molecule has 0 unspecified atom stereocenters. The Labute approximate surface area is 141 Å². The summed E-state index contributed by atoms with van der Waals surface area (Å²) in [5.74, 6) is 0.880. The Kier molecular flexibility index (Phi) is 4.61. The molecule has 1 aromatic heterocycles. The lowest BCUT2D eigenvalue weighted by atomic mass is 10.3. The molecule has 1 aromatic carbocycles. The van der Waals surface area contributed by atoms with Crippen molar-refractivity contribution in [2.45, 2.75) is 36.2 Å². The summed E-state index contributed by atoms with van der Waals surface area (Å²) < 4.78 is 5.54. The summed E-state index contributed by atoms with van der Waals surface area (Å²) in [7, 11) is 0. The Morgan fingerprint density at radius 3 is 2.64 bits per heavy atom. The molecular weight excluding hydrogens is 345 g/mol. The van der Waals surface area contributed by atoms with Gasteiger partial charge in [-0.1, -0.05) is 35.0 Å². The quantitative estimate of drug-likeness (QED) is 0.804. The van der Waals surface area contributed by atoms with Gasteiger partial charge < -0.3 is 9.73 Å². The number of carbonyl (C=O) groups excluding carboxylic acids is 1. The van der Waals surface area contributed by atoms with E-state index in [0.29, 0.717) is 32.8 Å². The van der Waals surface area contributed by atoms with Gasteiger partial charge in [0.1, 0.15) is 0 Å². The van der Waals surface area contributed by atoms with Crippen molar-refractivity contribution in [1.82, 2.24) is 10.2 Å². The van der Waals surface area contributed by atoms with Crippen LogP contribution in [0.3, 0.4) is 0 Å². The van der Waals surface area contributed by atoms with E-state index in [4.69, 9.17) is 27.6 Å². The Bertz CT molecular complexity index is 683. The first-order valence-electron chi connectivity index (χ1n) is 6.78. The van der Waals surface area contributed by atoms with Gasteiger partial charge in [0.15, 0.2) is 0 Å². The van der Waals surface area contributed by atoms with Gasteiger partial charge in [0.2, 0.25) is 11.8 Å². The van der Waals surface area contributed by atoms with Crippen LogP contribution in [0.5, 0.6) is 0 Å². The highest BCUT2D eigenvalue weighted by atomic mass is 35.5. The summed E-state index contributed by atoms with van der Waals surface area (Å²) >= 11 is 13.0. The maximum atomic E-state index is 12.2. The van der Waals surface area contributed by atoms with E-state index in [9.17, 15) is 4.79 Å². The predicted molar refractivity (Wildman–Crippen MR) is 86.7 cm³/mol. The molecule has 2 aromatic rings. The first-order chi connectivity index (χ1) is 10.5. The molecule has 5 nitrogen and oxygen atoms in total. The third-order valence-corrected chi connectivity index (χ3v) is 4.50. The van der Waals surface area contributed by atoms with Crippen LogP contribution in [0.2, 0.25) is 10.0 Å². The second-order valence-corrected chi connectivity index (χ2v) is 7.25. The van der Waals surface area contributed by atoms with Crippen molar-refractivity contribution in [3.05, 3.63) is 34.1 Å². The molecule has 1 amide bonds. The number of benzene rings is 1. The zero-order chi connectivity index (χ0) is 15.7. The second-order valence-electron chi connectivity index (χ2n) is 5.09. The number of hydrogen-bond donors (Lipinski definition) is 1. The summed E-state index contributed by atoms with van der Waals surface area (Å²) in [5.41, 5.74) is 0.555. The topological polar surface area (TPSA) is 68.0 Å². The lowest BCUT2D eigenvalue weighted by Gasteiger charge is -2.10. The van der Waals surface area contributed by atoms with Gasteiger partial charge >= 0.3 is 0 Å². The average molecular weight is 358 g/mol. The molecule has 8 heteroatoms. The van der Waals surface area contributed by atoms with Gasteiger partial charge in [0.25, 0.3) is 5.22 Å². The van der Waals surface area contributed by atoms with Gasteiger partial charge in [-0.05, 0) is 38.0 Å². The SMILES string of the molecule is C[C@H](Sc1nnc(C2CC2)o1)C(=O)Nc1cc(Cl)cc(Cl)c1. The Morgan fingerprint density at radius 2 is 2.00 bits per heavy atom. The highest BCUT2D eigenvalue weighted by molar-refractivity contribution is 8.00. The third-order valence-electron chi connectivity index (χ3n) is 3.13. The van der Waals surface area contributed by atoms with E-state index < -0.39 is 0 Å². The Hall–Kier alpha value is -1.24. The molecule has 0 aliphatic heterocycles. The smallest absolute Gasteiger partial charge is 0.277 e. The fraction of sp³-hybridized carbons (Fsp3) is 0.357. The van der Waals surface area contributed by atoms with Gasteiger partial charge in [0.05, 0.1) is 5.25 Å². The number of amides is 1. The van der Waals surface area contributed by atoms with Crippen LogP contribution in [0.4, 0.5) is 5.69 Å². The fourth-order valence-electron chi connectivity index (χ4n) is 1.84. The largest absolute Gasteiger partial charge is 0.416 e. The molecular formula is C14H13Cl2N3O2S. The highest BCUT2D eigenvalue weighted by Crippen LogP contribution is 2.40. The van der Waals surface area contributed by atoms with Gasteiger partial charge in [-0.2, -0.15) is 0 Å². The molecule has 1 fully saturated rings. The molecule has 1 aliphatic carbocycles. The molecule has 116 valence electrons. The monoisotopic (exact) mass is 357 g/mol. The lowest BCUT2D eigenvalue weighted by Crippen LogP contribution is -2.22. The standard InChI is InChI=1S/C14H13Cl2N3O2S/c1-7(22-14-19-18-13(21-14)8-2-3-8)12(20)17-11-5-9(15)4-10(16)6-11/h4-8H,2-3H2,1H3,(H,17,20)/t7-/m0/s1. The van der Waals surface area contributed by atoms with Gasteiger partial charge in [-0.3, -0.25) is 4.79 Å². The summed E-state index contributed by atoms with van der Waals surface area (Å²) in [5, 5.41) is 11.7. The van der Waals surface area contributed by atoms with E-state index in [1.54, 1.807) is 25.1 Å². The van der Waals surface area contributed by atoms with Crippen LogP contribution >= 0.6 is 35.0 Å². The van der Waals surface area contributed by atoms with Crippen molar-refractivity contribution < 1.29 is 9.21 Å². The van der Waals surface area contributed by atoms with Crippen LogP contribution < -0.4 is 5.32 Å². The van der Waals surface area contributed by atoms with E-state index in [1.807, 2.05) is 0 Å². The summed E-state index contributed by atoms with van der Waals surface area (Å²) in [6.45, 7) is 1.77. The predicted octanol–water partition coefficient (Wildman–Crippen LogP) is 4.37. The third kappa shape index (κ3) is 3.94. The molecule has 3 rings (SSSR count). The number of rotatable bonds is 5. The number of aromatic nitrogens is 2. The van der Waals surface area contributed by atoms with Crippen molar-refractivity contribution in [1.29, 1.82) is 0 Å². The van der Waals surface area contributed by atoms with E-state index >= 15 is 0 Å². The molecule has 1 N–H and O–H groups in total. The molecule has 0 saturated heterocycles. The zero-order valence-electron chi connectivity index (χ0n) is 11.7. The van der Waals surface area contributed by atoms with E-state index in [2.05, 4.69) is 15.5 Å². The van der Waals surface area contributed by atoms with Crippen LogP contribution in [0.25, 0.3) is 0 Å². The van der Waals surface area contributed by atoms with Gasteiger partial charge in [-0.25, -0.2) is 0 Å². The number of carbonyl (C=O) groups is 1. The summed E-state index contributed by atoms with van der Waals surface area (Å²) in [4.78, 5) is 12.2. The maximum absolute atomic E-state index is 12.2. The van der Waals surface area contributed by atoms with Crippen molar-refractivity contribution in [2.75, 3.05) is 5.32 Å². The minimum Gasteiger partial charge on any atom is -0.416 e. The Morgan fingerprint density at radius 1 is 1.32 bits per heavy atom. The first-order valence-corrected chi connectivity index (χ1v) is 8.42. The number of nitrogens with one attached hydrogen (secondary N) is 1. The summed E-state index contributed by atoms with van der Waals surface area (Å²) in [6, 6.07) is 4.88. The van der Waals surface area contributed by atoms with Crippen LogP contribution in [0.15, 0.2) is 27.8 Å².